The SMILES string of the molecule is CC.COO.Cc1ccc(C)cc1. The van der Waals surface area contributed by atoms with E-state index in [1.54, 1.807) is 0 Å². The maximum absolute atomic E-state index is 7.07. The summed E-state index contributed by atoms with van der Waals surface area (Å²) in [5.74, 6) is 0. The third-order valence-corrected chi connectivity index (χ3v) is 1.22. The normalized spacial score (nSPS) is 7.54. The van der Waals surface area contributed by atoms with Gasteiger partial charge < -0.3 is 0 Å². The van der Waals surface area contributed by atoms with Gasteiger partial charge in [-0.1, -0.05) is 49.2 Å². The van der Waals surface area contributed by atoms with Gasteiger partial charge in [-0.15, -0.1) is 0 Å². The van der Waals surface area contributed by atoms with Crippen LogP contribution < -0.4 is 0 Å². The second kappa shape index (κ2) is 11.1. The van der Waals surface area contributed by atoms with Gasteiger partial charge in [0, 0.05) is 0 Å². The maximum Gasteiger partial charge on any atom is 0.0710 e. The Labute approximate surface area is 81.1 Å². The lowest BCUT2D eigenvalue weighted by molar-refractivity contribution is -0.214. The molecule has 1 aromatic rings. The van der Waals surface area contributed by atoms with Gasteiger partial charge >= 0.3 is 0 Å². The molecule has 0 radical (unpaired) electrons. The minimum atomic E-state index is 1.18. The van der Waals surface area contributed by atoms with E-state index in [4.69, 9.17) is 5.26 Å². The zero-order valence-corrected chi connectivity index (χ0v) is 9.16. The van der Waals surface area contributed by atoms with Crippen molar-refractivity contribution in [1.29, 1.82) is 0 Å². The molecular formula is C11H20O2. The average molecular weight is 184 g/mol. The third-order valence-electron chi connectivity index (χ3n) is 1.22. The summed E-state index contributed by atoms with van der Waals surface area (Å²) in [7, 11) is 1.18. The van der Waals surface area contributed by atoms with Gasteiger partial charge in [0.2, 0.25) is 0 Å². The molecule has 0 aliphatic carbocycles. The lowest BCUT2D eigenvalue weighted by Gasteiger charge is -1.90. The van der Waals surface area contributed by atoms with Gasteiger partial charge in [-0.05, 0) is 13.8 Å². The van der Waals surface area contributed by atoms with Crippen LogP contribution in [0.5, 0.6) is 0 Å². The Morgan fingerprint density at radius 3 is 1.23 bits per heavy atom. The molecule has 1 aromatic carbocycles. The number of aryl methyl sites for hydroxylation is 2. The van der Waals surface area contributed by atoms with E-state index in [1.807, 2.05) is 13.8 Å². The molecule has 2 nitrogen and oxygen atoms in total. The van der Waals surface area contributed by atoms with Crippen molar-refractivity contribution < 1.29 is 10.1 Å². The molecule has 0 spiro atoms. The van der Waals surface area contributed by atoms with E-state index in [0.717, 1.165) is 0 Å². The minimum Gasteiger partial charge on any atom is -0.252 e. The number of rotatable bonds is 0. The number of hydrogen-bond acceptors (Lipinski definition) is 2. The quantitative estimate of drug-likeness (QED) is 0.494. The molecule has 2 heteroatoms. The second-order valence-corrected chi connectivity index (χ2v) is 2.34. The predicted molar refractivity (Wildman–Crippen MR) is 56.9 cm³/mol. The summed E-state index contributed by atoms with van der Waals surface area (Å²) >= 11 is 0. The molecule has 1 N–H and O–H groups in total. The van der Waals surface area contributed by atoms with Crippen LogP contribution in [0.25, 0.3) is 0 Å². The Bertz CT molecular complexity index is 159. The van der Waals surface area contributed by atoms with Crippen LogP contribution in [0.3, 0.4) is 0 Å². The first kappa shape index (κ1) is 14.7. The molecule has 0 amide bonds. The molecule has 0 bridgehead atoms. The van der Waals surface area contributed by atoms with Gasteiger partial charge in [0.25, 0.3) is 0 Å². The highest BCUT2D eigenvalue weighted by Gasteiger charge is 1.79. The molecule has 0 heterocycles. The summed E-state index contributed by atoms with van der Waals surface area (Å²) in [5, 5.41) is 7.07. The molecule has 0 aliphatic heterocycles. The van der Waals surface area contributed by atoms with E-state index in [9.17, 15) is 0 Å². The van der Waals surface area contributed by atoms with E-state index >= 15 is 0 Å². The molecule has 0 saturated carbocycles. The van der Waals surface area contributed by atoms with E-state index in [0.29, 0.717) is 0 Å². The lowest BCUT2D eigenvalue weighted by atomic mass is 10.2. The Morgan fingerprint density at radius 1 is 0.923 bits per heavy atom. The van der Waals surface area contributed by atoms with Gasteiger partial charge in [-0.2, -0.15) is 0 Å². The molecule has 0 atom stereocenters. The van der Waals surface area contributed by atoms with E-state index in [-0.39, 0.29) is 0 Å². The van der Waals surface area contributed by atoms with Crippen molar-refractivity contribution in [3.05, 3.63) is 35.4 Å². The summed E-state index contributed by atoms with van der Waals surface area (Å²) in [6, 6.07) is 8.48. The largest absolute Gasteiger partial charge is 0.252 e. The average Bonchev–Trinajstić information content (AvgIpc) is 2.15. The Kier molecular flexibility index (Phi) is 12.6. The van der Waals surface area contributed by atoms with E-state index in [1.165, 1.54) is 18.2 Å². The van der Waals surface area contributed by atoms with Crippen LogP contribution >= 0.6 is 0 Å². The maximum atomic E-state index is 7.07. The molecule has 1 rings (SSSR count). The smallest absolute Gasteiger partial charge is 0.0710 e. The highest BCUT2D eigenvalue weighted by Crippen LogP contribution is 1.99. The molecule has 0 unspecified atom stereocenters. The summed E-state index contributed by atoms with van der Waals surface area (Å²) in [6.45, 7) is 8.19. The number of hydrogen-bond donors (Lipinski definition) is 1. The predicted octanol–water partition coefficient (Wildman–Crippen LogP) is 3.44. The van der Waals surface area contributed by atoms with Crippen molar-refractivity contribution in [3.63, 3.8) is 0 Å². The summed E-state index contributed by atoms with van der Waals surface area (Å²) in [4.78, 5) is 3.25. The number of benzene rings is 1. The van der Waals surface area contributed by atoms with Gasteiger partial charge in [0.05, 0.1) is 7.11 Å². The lowest BCUT2D eigenvalue weighted by Crippen LogP contribution is -1.70. The van der Waals surface area contributed by atoms with Crippen LogP contribution in [0, 0.1) is 13.8 Å². The van der Waals surface area contributed by atoms with Crippen LogP contribution in [0.4, 0.5) is 0 Å². The third kappa shape index (κ3) is 11.1. The molecule has 76 valence electrons. The zero-order valence-electron chi connectivity index (χ0n) is 9.16. The van der Waals surface area contributed by atoms with E-state index < -0.39 is 0 Å². The Morgan fingerprint density at radius 2 is 1.08 bits per heavy atom. The van der Waals surface area contributed by atoms with Crippen molar-refractivity contribution in [2.24, 2.45) is 0 Å². The summed E-state index contributed by atoms with van der Waals surface area (Å²) in [5.41, 5.74) is 2.66. The van der Waals surface area contributed by atoms with Gasteiger partial charge in [0.15, 0.2) is 0 Å². The molecular weight excluding hydrogens is 164 g/mol. The monoisotopic (exact) mass is 184 g/mol. The fraction of sp³-hybridized carbons (Fsp3) is 0.455. The Balaban J connectivity index is 0. The van der Waals surface area contributed by atoms with Crippen molar-refractivity contribution in [3.8, 4) is 0 Å². The van der Waals surface area contributed by atoms with E-state index in [2.05, 4.69) is 43.0 Å². The fourth-order valence-corrected chi connectivity index (χ4v) is 0.637. The standard InChI is InChI=1S/C8H10.C2H6.CH4O2/c1-7-3-5-8(2)6-4-7;1-2;1-3-2/h3-6H,1-2H3;1-2H3;2H,1H3. The fourth-order valence-electron chi connectivity index (χ4n) is 0.637. The molecule has 0 saturated heterocycles. The van der Waals surface area contributed by atoms with Crippen molar-refractivity contribution in [1.82, 2.24) is 0 Å². The van der Waals surface area contributed by atoms with Crippen LogP contribution in [-0.2, 0) is 4.89 Å². The van der Waals surface area contributed by atoms with Crippen molar-refractivity contribution in [2.45, 2.75) is 27.7 Å². The topological polar surface area (TPSA) is 29.5 Å². The molecule has 13 heavy (non-hydrogen) atoms. The molecule has 0 fully saturated rings. The van der Waals surface area contributed by atoms with Crippen LogP contribution in [0.2, 0.25) is 0 Å². The van der Waals surface area contributed by atoms with Gasteiger partial charge in [-0.25, -0.2) is 4.89 Å². The van der Waals surface area contributed by atoms with Gasteiger partial charge in [0.1, 0.15) is 0 Å². The molecule has 0 aliphatic rings. The molecule has 0 aromatic heterocycles. The first-order chi connectivity index (χ1) is 6.20. The van der Waals surface area contributed by atoms with Crippen LogP contribution in [0.15, 0.2) is 24.3 Å². The summed E-state index contributed by atoms with van der Waals surface area (Å²) < 4.78 is 0. The van der Waals surface area contributed by atoms with Gasteiger partial charge in [-0.3, -0.25) is 5.26 Å². The highest BCUT2D eigenvalue weighted by atomic mass is 17.1. The Hall–Kier alpha value is -0.860. The first-order valence-electron chi connectivity index (χ1n) is 4.41. The van der Waals surface area contributed by atoms with Crippen LogP contribution in [0.1, 0.15) is 25.0 Å². The van der Waals surface area contributed by atoms with Crippen molar-refractivity contribution >= 4 is 0 Å². The second-order valence-electron chi connectivity index (χ2n) is 2.34. The summed E-state index contributed by atoms with van der Waals surface area (Å²) in [6.07, 6.45) is 0. The minimum absolute atomic E-state index is 1.18. The highest BCUT2D eigenvalue weighted by molar-refractivity contribution is 5.19. The zero-order chi connectivity index (χ0) is 10.7. The van der Waals surface area contributed by atoms with Crippen LogP contribution in [-0.4, -0.2) is 12.4 Å². The first-order valence-corrected chi connectivity index (χ1v) is 4.41. The van der Waals surface area contributed by atoms with Crippen molar-refractivity contribution in [2.75, 3.05) is 7.11 Å².